The van der Waals surface area contributed by atoms with Gasteiger partial charge in [-0.25, -0.2) is 14.5 Å². The third-order valence-electron chi connectivity index (χ3n) is 5.52. The van der Waals surface area contributed by atoms with Gasteiger partial charge in [-0.3, -0.25) is 9.59 Å². The Kier molecular flexibility index (Phi) is 6.14. The van der Waals surface area contributed by atoms with Gasteiger partial charge in [0.25, 0.3) is 5.91 Å². The van der Waals surface area contributed by atoms with Crippen molar-refractivity contribution >= 4 is 23.3 Å². The second kappa shape index (κ2) is 9.71. The molecule has 10 heteroatoms. The van der Waals surface area contributed by atoms with Crippen molar-refractivity contribution in [3.8, 4) is 22.8 Å². The van der Waals surface area contributed by atoms with Crippen LogP contribution in [0.4, 0.5) is 5.82 Å². The molecule has 0 saturated carbocycles. The topological polar surface area (TPSA) is 115 Å². The molecule has 5 rings (SSSR count). The fourth-order valence-corrected chi connectivity index (χ4v) is 3.87. The minimum absolute atomic E-state index is 0.214. The monoisotopic (exact) mass is 481 g/mol. The summed E-state index contributed by atoms with van der Waals surface area (Å²) in [5, 5.41) is 10.2. The first kappa shape index (κ1) is 22.8. The molecule has 0 unspecified atom stereocenters. The zero-order chi connectivity index (χ0) is 25.1. The van der Waals surface area contributed by atoms with Gasteiger partial charge in [0.1, 0.15) is 5.56 Å². The number of carbonyl (C=O) groups excluding carboxylic acids is 2. The first-order valence-electron chi connectivity index (χ1n) is 11.2. The van der Waals surface area contributed by atoms with E-state index in [1.807, 2.05) is 53.4 Å². The smallest absolute Gasteiger partial charge is 0.257 e. The molecule has 1 aromatic carbocycles. The number of pyridine rings is 1. The number of imidazole rings is 1. The first-order valence-corrected chi connectivity index (χ1v) is 11.2. The van der Waals surface area contributed by atoms with Crippen molar-refractivity contribution in [1.29, 1.82) is 0 Å². The molecular weight excluding hydrogens is 458 g/mol. The van der Waals surface area contributed by atoms with Crippen LogP contribution in [0.5, 0.6) is 5.88 Å². The van der Waals surface area contributed by atoms with Gasteiger partial charge in [0.05, 0.1) is 19.0 Å². The number of nitrogens with one attached hydrogen (secondary N) is 2. The van der Waals surface area contributed by atoms with Crippen LogP contribution in [0.1, 0.15) is 22.8 Å². The summed E-state index contributed by atoms with van der Waals surface area (Å²) < 4.78 is 8.91. The van der Waals surface area contributed by atoms with Gasteiger partial charge in [0, 0.05) is 43.3 Å². The van der Waals surface area contributed by atoms with Gasteiger partial charge in [0.15, 0.2) is 11.5 Å². The van der Waals surface area contributed by atoms with Gasteiger partial charge in [-0.15, -0.1) is 0 Å². The maximum Gasteiger partial charge on any atom is 0.257 e. The molecule has 0 aliphatic heterocycles. The predicted octanol–water partition coefficient (Wildman–Crippen LogP) is 3.48. The van der Waals surface area contributed by atoms with E-state index in [4.69, 9.17) is 4.74 Å². The summed E-state index contributed by atoms with van der Waals surface area (Å²) in [7, 11) is 1.47. The summed E-state index contributed by atoms with van der Waals surface area (Å²) in [6.07, 6.45) is 7.13. The van der Waals surface area contributed by atoms with Gasteiger partial charge >= 0.3 is 0 Å². The summed E-state index contributed by atoms with van der Waals surface area (Å²) in [6.45, 7) is 1.74. The molecule has 10 nitrogen and oxygen atoms in total. The molecule has 0 fully saturated rings. The van der Waals surface area contributed by atoms with Crippen molar-refractivity contribution in [1.82, 2.24) is 29.5 Å². The fourth-order valence-electron chi connectivity index (χ4n) is 3.87. The van der Waals surface area contributed by atoms with E-state index in [0.717, 1.165) is 11.3 Å². The summed E-state index contributed by atoms with van der Waals surface area (Å²) in [5.41, 5.74) is 4.02. The van der Waals surface area contributed by atoms with Crippen molar-refractivity contribution < 1.29 is 14.3 Å². The van der Waals surface area contributed by atoms with Crippen molar-refractivity contribution in [3.63, 3.8) is 0 Å². The van der Waals surface area contributed by atoms with Gasteiger partial charge in [-0.1, -0.05) is 18.2 Å². The van der Waals surface area contributed by atoms with Gasteiger partial charge < -0.3 is 19.9 Å². The van der Waals surface area contributed by atoms with Gasteiger partial charge in [-0.2, -0.15) is 5.10 Å². The number of rotatable bonds is 7. The molecule has 2 amide bonds. The molecule has 0 bridgehead atoms. The van der Waals surface area contributed by atoms with E-state index in [9.17, 15) is 9.59 Å². The number of para-hydroxylation sites is 1. The van der Waals surface area contributed by atoms with Crippen LogP contribution in [0, 0.1) is 0 Å². The molecular formula is C26H23N7O3. The molecule has 4 aromatic heterocycles. The van der Waals surface area contributed by atoms with Crippen molar-refractivity contribution in [2.45, 2.75) is 13.5 Å². The Morgan fingerprint density at radius 3 is 2.64 bits per heavy atom. The van der Waals surface area contributed by atoms with Crippen LogP contribution in [0.3, 0.4) is 0 Å². The molecule has 0 saturated heterocycles. The molecule has 0 aliphatic rings. The minimum Gasteiger partial charge on any atom is -0.480 e. The Labute approximate surface area is 206 Å². The number of carbonyl (C=O) groups is 2. The molecule has 36 heavy (non-hydrogen) atoms. The summed E-state index contributed by atoms with van der Waals surface area (Å²) in [4.78, 5) is 33.1. The number of ether oxygens (including phenoxy) is 1. The second-order valence-corrected chi connectivity index (χ2v) is 8.01. The Hall–Kier alpha value is -4.99. The Morgan fingerprint density at radius 1 is 1.06 bits per heavy atom. The number of methoxy groups -OCH3 is 1. The quantitative estimate of drug-likeness (QED) is 0.368. The number of anilines is 1. The molecule has 0 radical (unpaired) electrons. The highest BCUT2D eigenvalue weighted by Gasteiger charge is 2.17. The number of nitrogens with zero attached hydrogens (tertiary/aromatic N) is 5. The van der Waals surface area contributed by atoms with E-state index in [1.54, 1.807) is 35.1 Å². The summed E-state index contributed by atoms with van der Waals surface area (Å²) in [5.74, 6) is 0.0802. The maximum absolute atomic E-state index is 13.2. The average molecular weight is 482 g/mol. The third kappa shape index (κ3) is 4.64. The molecule has 180 valence electrons. The van der Waals surface area contributed by atoms with E-state index >= 15 is 0 Å². The molecule has 0 spiro atoms. The summed E-state index contributed by atoms with van der Waals surface area (Å²) >= 11 is 0. The number of hydrogen-bond acceptors (Lipinski definition) is 6. The van der Waals surface area contributed by atoms with E-state index in [0.29, 0.717) is 34.8 Å². The maximum atomic E-state index is 13.2. The van der Waals surface area contributed by atoms with Crippen LogP contribution in [-0.2, 0) is 11.3 Å². The van der Waals surface area contributed by atoms with E-state index in [-0.39, 0.29) is 17.7 Å². The van der Waals surface area contributed by atoms with Crippen LogP contribution in [0.25, 0.3) is 22.6 Å². The molecule has 0 atom stereocenters. The molecule has 0 aliphatic carbocycles. The van der Waals surface area contributed by atoms with E-state index < -0.39 is 0 Å². The largest absolute Gasteiger partial charge is 0.480 e. The number of hydrogen-bond donors (Lipinski definition) is 2. The number of amides is 2. The lowest BCUT2D eigenvalue weighted by molar-refractivity contribution is -0.114. The SMILES string of the molecule is COc1ncc(-c2ccc3nc(NC(C)=O)cn3n2)cc1C(=O)NCc1ccccc1-n1cccc1. The lowest BCUT2D eigenvalue weighted by Crippen LogP contribution is -2.24. The van der Waals surface area contributed by atoms with Gasteiger partial charge in [0.2, 0.25) is 11.8 Å². The van der Waals surface area contributed by atoms with Crippen molar-refractivity contribution in [2.24, 2.45) is 0 Å². The Balaban J connectivity index is 1.40. The van der Waals surface area contributed by atoms with Crippen LogP contribution in [-0.4, -0.2) is 43.1 Å². The van der Waals surface area contributed by atoms with Crippen LogP contribution >= 0.6 is 0 Å². The van der Waals surface area contributed by atoms with E-state index in [2.05, 4.69) is 25.7 Å². The van der Waals surface area contributed by atoms with E-state index in [1.165, 1.54) is 14.0 Å². The minimum atomic E-state index is -0.319. The number of benzene rings is 1. The molecule has 2 N–H and O–H groups in total. The Morgan fingerprint density at radius 2 is 1.86 bits per heavy atom. The standard InChI is InChI=1S/C26H23N7O3/c1-17(34)29-23-16-33-24(30-23)10-9-21(31-33)19-13-20(26(36-2)28-15-19)25(35)27-14-18-7-3-4-8-22(18)32-11-5-6-12-32/h3-13,15-16H,14H2,1-2H3,(H,27,35)(H,29,34). The van der Waals surface area contributed by atoms with Crippen LogP contribution in [0.2, 0.25) is 0 Å². The zero-order valence-electron chi connectivity index (χ0n) is 19.7. The second-order valence-electron chi connectivity index (χ2n) is 8.01. The zero-order valence-corrected chi connectivity index (χ0v) is 19.7. The molecule has 4 heterocycles. The lowest BCUT2D eigenvalue weighted by atomic mass is 10.1. The highest BCUT2D eigenvalue weighted by molar-refractivity contribution is 5.97. The lowest BCUT2D eigenvalue weighted by Gasteiger charge is -2.13. The van der Waals surface area contributed by atoms with Crippen LogP contribution in [0.15, 0.2) is 79.4 Å². The highest BCUT2D eigenvalue weighted by atomic mass is 16.5. The average Bonchev–Trinajstić information content (AvgIpc) is 3.56. The fraction of sp³-hybridized carbons (Fsp3) is 0.115. The van der Waals surface area contributed by atoms with Gasteiger partial charge in [-0.05, 0) is 42.0 Å². The first-order chi connectivity index (χ1) is 17.5. The summed E-state index contributed by atoms with van der Waals surface area (Å²) in [6, 6.07) is 17.0. The highest BCUT2D eigenvalue weighted by Crippen LogP contribution is 2.24. The number of aromatic nitrogens is 5. The van der Waals surface area contributed by atoms with Crippen molar-refractivity contribution in [2.75, 3.05) is 12.4 Å². The van der Waals surface area contributed by atoms with Crippen LogP contribution < -0.4 is 15.4 Å². The number of fused-ring (bicyclic) bond motifs is 1. The van der Waals surface area contributed by atoms with Crippen molar-refractivity contribution in [3.05, 3.63) is 90.5 Å². The normalized spacial score (nSPS) is 10.8. The predicted molar refractivity (Wildman–Crippen MR) is 134 cm³/mol. The molecule has 5 aromatic rings. The third-order valence-corrected chi connectivity index (χ3v) is 5.52. The Bertz CT molecular complexity index is 1560.